The summed E-state index contributed by atoms with van der Waals surface area (Å²) < 4.78 is 0. The zero-order valence-corrected chi connectivity index (χ0v) is 14.6. The predicted molar refractivity (Wildman–Crippen MR) is 98.2 cm³/mol. The SMILES string of the molecule is O=C(c1cccnc1)N1CCC[C@H]1[C@H]1CCCN1Cc1ccccc1. The second kappa shape index (κ2) is 7.36. The van der Waals surface area contributed by atoms with Crippen LogP contribution < -0.4 is 0 Å². The fraction of sp³-hybridized carbons (Fsp3) is 0.429. The van der Waals surface area contributed by atoms with Gasteiger partial charge in [0.05, 0.1) is 5.56 Å². The molecule has 130 valence electrons. The summed E-state index contributed by atoms with van der Waals surface area (Å²) in [6.07, 6.45) is 8.04. The fourth-order valence-electron chi connectivity index (χ4n) is 4.40. The van der Waals surface area contributed by atoms with Crippen LogP contribution in [0, 0.1) is 0 Å². The first-order valence-electron chi connectivity index (χ1n) is 9.32. The second-order valence-corrected chi connectivity index (χ2v) is 7.12. The molecule has 1 aromatic heterocycles. The second-order valence-electron chi connectivity index (χ2n) is 7.12. The lowest BCUT2D eigenvalue weighted by atomic mass is 10.0. The van der Waals surface area contributed by atoms with E-state index in [1.165, 1.54) is 18.4 Å². The summed E-state index contributed by atoms with van der Waals surface area (Å²) >= 11 is 0. The third-order valence-corrected chi connectivity index (χ3v) is 5.56. The van der Waals surface area contributed by atoms with Crippen molar-refractivity contribution in [3.63, 3.8) is 0 Å². The van der Waals surface area contributed by atoms with Gasteiger partial charge < -0.3 is 4.90 Å². The summed E-state index contributed by atoms with van der Waals surface area (Å²) in [5, 5.41) is 0. The molecule has 2 saturated heterocycles. The number of carbonyl (C=O) groups is 1. The molecule has 0 spiro atoms. The third kappa shape index (κ3) is 3.45. The number of pyridine rings is 1. The monoisotopic (exact) mass is 335 g/mol. The lowest BCUT2D eigenvalue weighted by Gasteiger charge is -2.35. The molecular formula is C21H25N3O. The van der Waals surface area contributed by atoms with Crippen LogP contribution in [0.1, 0.15) is 41.6 Å². The van der Waals surface area contributed by atoms with Crippen LogP contribution in [0.2, 0.25) is 0 Å². The van der Waals surface area contributed by atoms with Gasteiger partial charge in [0.15, 0.2) is 0 Å². The number of carbonyl (C=O) groups excluding carboxylic acids is 1. The molecule has 25 heavy (non-hydrogen) atoms. The number of hydrogen-bond acceptors (Lipinski definition) is 3. The van der Waals surface area contributed by atoms with Crippen LogP contribution in [-0.4, -0.2) is 45.9 Å². The maximum atomic E-state index is 12.9. The topological polar surface area (TPSA) is 36.4 Å². The van der Waals surface area contributed by atoms with Crippen molar-refractivity contribution in [2.45, 2.75) is 44.3 Å². The molecule has 0 N–H and O–H groups in total. The van der Waals surface area contributed by atoms with Crippen molar-refractivity contribution in [1.82, 2.24) is 14.8 Å². The van der Waals surface area contributed by atoms with Crippen LogP contribution in [0.15, 0.2) is 54.9 Å². The van der Waals surface area contributed by atoms with Gasteiger partial charge in [-0.3, -0.25) is 14.7 Å². The highest BCUT2D eigenvalue weighted by atomic mass is 16.2. The van der Waals surface area contributed by atoms with Crippen LogP contribution in [0.4, 0.5) is 0 Å². The number of amides is 1. The van der Waals surface area contributed by atoms with E-state index in [0.29, 0.717) is 17.6 Å². The Morgan fingerprint density at radius 3 is 2.60 bits per heavy atom. The first kappa shape index (κ1) is 16.3. The van der Waals surface area contributed by atoms with E-state index in [2.05, 4.69) is 45.1 Å². The number of aromatic nitrogens is 1. The Morgan fingerprint density at radius 2 is 1.80 bits per heavy atom. The van der Waals surface area contributed by atoms with E-state index in [0.717, 1.165) is 32.5 Å². The van der Waals surface area contributed by atoms with Gasteiger partial charge >= 0.3 is 0 Å². The maximum Gasteiger partial charge on any atom is 0.255 e. The van der Waals surface area contributed by atoms with Gasteiger partial charge in [-0.05, 0) is 49.9 Å². The first-order chi connectivity index (χ1) is 12.3. The van der Waals surface area contributed by atoms with Crippen molar-refractivity contribution in [2.24, 2.45) is 0 Å². The highest BCUT2D eigenvalue weighted by Gasteiger charge is 2.39. The molecular weight excluding hydrogens is 310 g/mol. The molecule has 2 atom stereocenters. The van der Waals surface area contributed by atoms with Crippen LogP contribution in [0.3, 0.4) is 0 Å². The lowest BCUT2D eigenvalue weighted by molar-refractivity contribution is 0.0639. The van der Waals surface area contributed by atoms with Crippen molar-refractivity contribution in [3.8, 4) is 0 Å². The minimum atomic E-state index is 0.141. The van der Waals surface area contributed by atoms with Crippen LogP contribution in [0.25, 0.3) is 0 Å². The molecule has 1 aromatic carbocycles. The predicted octanol–water partition coefficient (Wildman–Crippen LogP) is 3.35. The zero-order valence-electron chi connectivity index (χ0n) is 14.6. The Balaban J connectivity index is 1.50. The number of nitrogens with zero attached hydrogens (tertiary/aromatic N) is 3. The maximum absolute atomic E-state index is 12.9. The van der Waals surface area contributed by atoms with Crippen molar-refractivity contribution in [1.29, 1.82) is 0 Å². The molecule has 0 bridgehead atoms. The van der Waals surface area contributed by atoms with E-state index >= 15 is 0 Å². The van der Waals surface area contributed by atoms with Gasteiger partial charge in [-0.15, -0.1) is 0 Å². The molecule has 0 aliphatic carbocycles. The van der Waals surface area contributed by atoms with E-state index in [4.69, 9.17) is 0 Å². The van der Waals surface area contributed by atoms with Crippen molar-refractivity contribution >= 4 is 5.91 Å². The van der Waals surface area contributed by atoms with Crippen LogP contribution >= 0.6 is 0 Å². The smallest absolute Gasteiger partial charge is 0.255 e. The van der Waals surface area contributed by atoms with Gasteiger partial charge in [0.1, 0.15) is 0 Å². The van der Waals surface area contributed by atoms with Gasteiger partial charge in [-0.2, -0.15) is 0 Å². The van der Waals surface area contributed by atoms with Gasteiger partial charge in [-0.25, -0.2) is 0 Å². The van der Waals surface area contributed by atoms with Gasteiger partial charge in [0, 0.05) is 37.6 Å². The molecule has 2 fully saturated rings. The highest BCUT2D eigenvalue weighted by molar-refractivity contribution is 5.94. The summed E-state index contributed by atoms with van der Waals surface area (Å²) in [6, 6.07) is 15.2. The highest BCUT2D eigenvalue weighted by Crippen LogP contribution is 2.31. The molecule has 0 unspecified atom stereocenters. The molecule has 4 rings (SSSR count). The van der Waals surface area contributed by atoms with Gasteiger partial charge in [0.2, 0.25) is 0 Å². The van der Waals surface area contributed by atoms with Crippen LogP contribution in [0.5, 0.6) is 0 Å². The summed E-state index contributed by atoms with van der Waals surface area (Å²) in [6.45, 7) is 2.98. The molecule has 2 aliphatic heterocycles. The van der Waals surface area contributed by atoms with Crippen molar-refractivity contribution in [2.75, 3.05) is 13.1 Å². The quantitative estimate of drug-likeness (QED) is 0.860. The van der Waals surface area contributed by atoms with Crippen LogP contribution in [-0.2, 0) is 6.54 Å². The van der Waals surface area contributed by atoms with E-state index in [-0.39, 0.29) is 5.91 Å². The number of hydrogen-bond donors (Lipinski definition) is 0. The zero-order chi connectivity index (χ0) is 17.1. The molecule has 4 heteroatoms. The van der Waals surface area contributed by atoms with Gasteiger partial charge in [0.25, 0.3) is 5.91 Å². The Bertz CT molecular complexity index is 704. The molecule has 0 radical (unpaired) electrons. The summed E-state index contributed by atoms with van der Waals surface area (Å²) in [5.41, 5.74) is 2.07. The Hall–Kier alpha value is -2.20. The average molecular weight is 335 g/mol. The largest absolute Gasteiger partial charge is 0.334 e. The first-order valence-corrected chi connectivity index (χ1v) is 9.32. The Labute approximate surface area is 149 Å². The molecule has 3 heterocycles. The molecule has 2 aromatic rings. The van der Waals surface area contributed by atoms with E-state index in [1.807, 2.05) is 12.1 Å². The average Bonchev–Trinajstić information content (AvgIpc) is 3.31. The van der Waals surface area contributed by atoms with E-state index in [1.54, 1.807) is 12.4 Å². The fourth-order valence-corrected chi connectivity index (χ4v) is 4.40. The minimum Gasteiger partial charge on any atom is -0.334 e. The number of likely N-dealkylation sites (tertiary alicyclic amines) is 2. The normalized spacial score (nSPS) is 23.9. The number of rotatable bonds is 4. The Kier molecular flexibility index (Phi) is 4.79. The van der Waals surface area contributed by atoms with E-state index in [9.17, 15) is 4.79 Å². The summed E-state index contributed by atoms with van der Waals surface area (Å²) in [7, 11) is 0. The Morgan fingerprint density at radius 1 is 1.00 bits per heavy atom. The number of benzene rings is 1. The summed E-state index contributed by atoms with van der Waals surface area (Å²) in [5.74, 6) is 0.141. The molecule has 4 nitrogen and oxygen atoms in total. The van der Waals surface area contributed by atoms with Crippen molar-refractivity contribution in [3.05, 3.63) is 66.0 Å². The molecule has 1 amide bonds. The molecule has 2 aliphatic rings. The van der Waals surface area contributed by atoms with Crippen molar-refractivity contribution < 1.29 is 4.79 Å². The van der Waals surface area contributed by atoms with Gasteiger partial charge in [-0.1, -0.05) is 30.3 Å². The molecule has 0 saturated carbocycles. The van der Waals surface area contributed by atoms with E-state index < -0.39 is 0 Å². The minimum absolute atomic E-state index is 0.141. The summed E-state index contributed by atoms with van der Waals surface area (Å²) in [4.78, 5) is 21.7. The standard InChI is InChI=1S/C21H25N3O/c25-21(18-9-4-12-22-15-18)24-14-6-11-20(24)19-10-5-13-23(19)16-17-7-2-1-3-8-17/h1-4,7-9,12,15,19-20H,5-6,10-11,13-14,16H2/t19-,20+/m1/s1. The lowest BCUT2D eigenvalue weighted by Crippen LogP contribution is -2.48. The third-order valence-electron chi connectivity index (χ3n) is 5.56.